The fourth-order valence-electron chi connectivity index (χ4n) is 3.22. The van der Waals surface area contributed by atoms with E-state index in [0.29, 0.717) is 11.6 Å². The van der Waals surface area contributed by atoms with Crippen LogP contribution in [-0.2, 0) is 0 Å². The minimum absolute atomic E-state index is 0.704. The van der Waals surface area contributed by atoms with Crippen molar-refractivity contribution in [3.05, 3.63) is 84.7 Å². The van der Waals surface area contributed by atoms with Crippen molar-refractivity contribution in [1.82, 2.24) is 15.0 Å². The van der Waals surface area contributed by atoms with Crippen molar-refractivity contribution in [1.29, 1.82) is 0 Å². The highest BCUT2D eigenvalue weighted by molar-refractivity contribution is 8.32. The number of benzene rings is 3. The highest BCUT2D eigenvalue weighted by Crippen LogP contribution is 2.45. The molecule has 4 rings (SSSR count). The summed E-state index contributed by atoms with van der Waals surface area (Å²) in [4.78, 5) is 15.4. The smallest absolute Gasteiger partial charge is 0.163 e. The number of aromatic nitrogens is 3. The van der Waals surface area contributed by atoms with E-state index in [2.05, 4.69) is 102 Å². The molecule has 0 bridgehead atoms. The monoisotopic (exact) mass is 399 g/mol. The summed E-state index contributed by atoms with van der Waals surface area (Å²) in [6, 6.07) is 27.3. The Labute approximate surface area is 174 Å². The molecule has 3 aromatic carbocycles. The van der Waals surface area contributed by atoms with Crippen LogP contribution in [0.4, 0.5) is 0 Å². The van der Waals surface area contributed by atoms with Crippen LogP contribution in [0.25, 0.3) is 33.9 Å². The highest BCUT2D eigenvalue weighted by Gasteiger charge is 2.12. The van der Waals surface area contributed by atoms with E-state index in [4.69, 9.17) is 4.98 Å². The molecule has 0 aliphatic rings. The van der Waals surface area contributed by atoms with Crippen molar-refractivity contribution in [2.75, 3.05) is 18.8 Å². The average molecular weight is 400 g/mol. The van der Waals surface area contributed by atoms with Gasteiger partial charge in [-0.1, -0.05) is 60.7 Å². The van der Waals surface area contributed by atoms with Crippen LogP contribution in [0.15, 0.2) is 83.8 Å². The Morgan fingerprint density at radius 2 is 1.14 bits per heavy atom. The highest BCUT2D eigenvalue weighted by atomic mass is 32.3. The van der Waals surface area contributed by atoms with Crippen LogP contribution in [0.1, 0.15) is 5.82 Å². The standard InChI is InChI=1S/C25H25N3S/c1-18-26-24(20-13-15-23(16-14-20)29(2,3)4)28-25(27-18)22-12-8-11-21(17-22)19-9-6-5-7-10-19/h5-17H,1-4H3. The summed E-state index contributed by atoms with van der Waals surface area (Å²) in [6.07, 6.45) is 6.90. The van der Waals surface area contributed by atoms with Gasteiger partial charge < -0.3 is 0 Å². The Balaban J connectivity index is 1.73. The first-order valence-electron chi connectivity index (χ1n) is 9.57. The molecule has 0 amide bonds. The molecule has 0 atom stereocenters. The Morgan fingerprint density at radius 3 is 1.79 bits per heavy atom. The molecular weight excluding hydrogens is 374 g/mol. The number of rotatable bonds is 4. The predicted octanol–water partition coefficient (Wildman–Crippen LogP) is 6.23. The summed E-state index contributed by atoms with van der Waals surface area (Å²) < 4.78 is 0. The molecular formula is C25H25N3S. The van der Waals surface area contributed by atoms with Crippen LogP contribution in [0.2, 0.25) is 0 Å². The Bertz CT molecular complexity index is 1130. The number of hydrogen-bond donors (Lipinski definition) is 0. The summed E-state index contributed by atoms with van der Waals surface area (Å²) >= 11 is 0. The molecule has 146 valence electrons. The van der Waals surface area contributed by atoms with Crippen LogP contribution in [0.3, 0.4) is 0 Å². The molecule has 1 aromatic heterocycles. The summed E-state index contributed by atoms with van der Waals surface area (Å²) in [7, 11) is -0.745. The fraction of sp³-hybridized carbons (Fsp3) is 0.160. The first-order valence-corrected chi connectivity index (χ1v) is 12.4. The Kier molecular flexibility index (Phi) is 5.20. The molecule has 0 aliphatic carbocycles. The van der Waals surface area contributed by atoms with E-state index in [1.54, 1.807) is 0 Å². The maximum absolute atomic E-state index is 4.79. The fourth-order valence-corrected chi connectivity index (χ4v) is 4.17. The number of aryl methyl sites for hydroxylation is 1. The van der Waals surface area contributed by atoms with Crippen molar-refractivity contribution in [3.8, 4) is 33.9 Å². The minimum atomic E-state index is -0.745. The van der Waals surface area contributed by atoms with Gasteiger partial charge in [-0.15, -0.1) is 0 Å². The quantitative estimate of drug-likeness (QED) is 0.408. The molecule has 0 saturated heterocycles. The topological polar surface area (TPSA) is 38.7 Å². The van der Waals surface area contributed by atoms with E-state index < -0.39 is 10.0 Å². The maximum atomic E-state index is 4.79. The predicted molar refractivity (Wildman–Crippen MR) is 125 cm³/mol. The van der Waals surface area contributed by atoms with Crippen LogP contribution in [0.5, 0.6) is 0 Å². The van der Waals surface area contributed by atoms with Gasteiger partial charge in [-0.05, 0) is 59.9 Å². The first kappa shape index (κ1) is 19.3. The second-order valence-corrected chi connectivity index (χ2v) is 12.0. The third-order valence-electron chi connectivity index (χ3n) is 4.79. The summed E-state index contributed by atoms with van der Waals surface area (Å²) in [6.45, 7) is 1.92. The van der Waals surface area contributed by atoms with Gasteiger partial charge in [0.2, 0.25) is 0 Å². The normalized spacial score (nSPS) is 12.0. The molecule has 0 unspecified atom stereocenters. The van der Waals surface area contributed by atoms with E-state index in [-0.39, 0.29) is 0 Å². The van der Waals surface area contributed by atoms with Gasteiger partial charge in [-0.2, -0.15) is 0 Å². The molecule has 0 spiro atoms. The molecule has 4 heteroatoms. The Morgan fingerprint density at radius 1 is 0.552 bits per heavy atom. The van der Waals surface area contributed by atoms with Gasteiger partial charge >= 0.3 is 0 Å². The summed E-state index contributed by atoms with van der Waals surface area (Å²) in [5.74, 6) is 2.14. The summed E-state index contributed by atoms with van der Waals surface area (Å²) in [5.41, 5.74) is 4.35. The van der Waals surface area contributed by atoms with Crippen LogP contribution >= 0.6 is 10.0 Å². The zero-order valence-electron chi connectivity index (χ0n) is 17.3. The van der Waals surface area contributed by atoms with Crippen LogP contribution in [0, 0.1) is 6.92 Å². The summed E-state index contributed by atoms with van der Waals surface area (Å²) in [5, 5.41) is 0. The molecule has 4 aromatic rings. The van der Waals surface area contributed by atoms with Crippen molar-refractivity contribution < 1.29 is 0 Å². The average Bonchev–Trinajstić information content (AvgIpc) is 2.73. The van der Waals surface area contributed by atoms with Crippen molar-refractivity contribution in [2.24, 2.45) is 0 Å². The first-order chi connectivity index (χ1) is 13.9. The number of nitrogens with zero attached hydrogens (tertiary/aromatic N) is 3. The lowest BCUT2D eigenvalue weighted by Gasteiger charge is -2.25. The number of hydrogen-bond acceptors (Lipinski definition) is 3. The van der Waals surface area contributed by atoms with E-state index >= 15 is 0 Å². The lowest BCUT2D eigenvalue weighted by Crippen LogP contribution is -2.00. The van der Waals surface area contributed by atoms with Gasteiger partial charge in [0, 0.05) is 11.1 Å². The van der Waals surface area contributed by atoms with Crippen molar-refractivity contribution in [3.63, 3.8) is 0 Å². The Hall–Kier alpha value is -2.98. The van der Waals surface area contributed by atoms with E-state index in [1.165, 1.54) is 10.5 Å². The van der Waals surface area contributed by atoms with Gasteiger partial charge in [0.15, 0.2) is 11.6 Å². The van der Waals surface area contributed by atoms with Gasteiger partial charge in [0.1, 0.15) is 5.82 Å². The molecule has 0 fully saturated rings. The minimum Gasteiger partial charge on any atom is -0.223 e. The molecule has 0 aliphatic heterocycles. The van der Waals surface area contributed by atoms with Gasteiger partial charge in [0.05, 0.1) is 0 Å². The van der Waals surface area contributed by atoms with E-state index in [1.807, 2.05) is 13.0 Å². The van der Waals surface area contributed by atoms with E-state index in [0.717, 1.165) is 22.5 Å². The molecule has 0 N–H and O–H groups in total. The maximum Gasteiger partial charge on any atom is 0.163 e. The zero-order valence-corrected chi connectivity index (χ0v) is 18.1. The third-order valence-corrected chi connectivity index (χ3v) is 6.48. The van der Waals surface area contributed by atoms with Gasteiger partial charge in [0.25, 0.3) is 0 Å². The molecule has 1 heterocycles. The second-order valence-electron chi connectivity index (χ2n) is 7.84. The SMILES string of the molecule is Cc1nc(-c2ccc(S(C)(C)C)cc2)nc(-c2cccc(-c3ccccc3)c2)n1. The molecule has 0 saturated carbocycles. The molecule has 3 nitrogen and oxygen atoms in total. The second kappa shape index (κ2) is 7.80. The van der Waals surface area contributed by atoms with Crippen molar-refractivity contribution >= 4 is 10.0 Å². The van der Waals surface area contributed by atoms with Crippen LogP contribution in [-0.4, -0.2) is 33.7 Å². The largest absolute Gasteiger partial charge is 0.223 e. The van der Waals surface area contributed by atoms with Gasteiger partial charge in [-0.3, -0.25) is 0 Å². The van der Waals surface area contributed by atoms with Crippen molar-refractivity contribution in [2.45, 2.75) is 11.8 Å². The zero-order chi connectivity index (χ0) is 20.4. The molecule has 0 radical (unpaired) electrons. The molecule has 29 heavy (non-hydrogen) atoms. The van der Waals surface area contributed by atoms with Crippen LogP contribution < -0.4 is 0 Å². The van der Waals surface area contributed by atoms with Gasteiger partial charge in [-0.25, -0.2) is 25.0 Å². The van der Waals surface area contributed by atoms with E-state index in [9.17, 15) is 0 Å². The lowest BCUT2D eigenvalue weighted by molar-refractivity contribution is 0.991. The lowest BCUT2D eigenvalue weighted by atomic mass is 10.0. The third kappa shape index (κ3) is 4.38.